The summed E-state index contributed by atoms with van der Waals surface area (Å²) in [4.78, 5) is 24.9. The van der Waals surface area contributed by atoms with Crippen LogP contribution in [-0.4, -0.2) is 39.7 Å². The van der Waals surface area contributed by atoms with Crippen LogP contribution >= 0.6 is 0 Å². The number of amides is 2. The van der Waals surface area contributed by atoms with E-state index in [4.69, 9.17) is 5.11 Å². The van der Waals surface area contributed by atoms with Gasteiger partial charge in [0.1, 0.15) is 5.75 Å². The molecule has 0 atom stereocenters. The quantitative estimate of drug-likeness (QED) is 0.723. The monoisotopic (exact) mass is 280 g/mol. The van der Waals surface area contributed by atoms with Gasteiger partial charge >= 0.3 is 12.0 Å². The van der Waals surface area contributed by atoms with E-state index in [2.05, 4.69) is 5.32 Å². The standard InChI is InChI=1S/C14H20N2O4/c1-4-7-16(9(2)3)14(20)15-12-6-5-10(17)8-11(12)13(18)19/h5-6,8-9,17H,4,7H2,1-3H3,(H,15,20)(H,18,19). The summed E-state index contributed by atoms with van der Waals surface area (Å²) in [6.45, 7) is 6.34. The van der Waals surface area contributed by atoms with E-state index < -0.39 is 5.97 Å². The molecule has 0 spiro atoms. The number of anilines is 1. The van der Waals surface area contributed by atoms with Gasteiger partial charge in [-0.05, 0) is 38.5 Å². The van der Waals surface area contributed by atoms with E-state index in [1.807, 2.05) is 20.8 Å². The molecule has 0 fully saturated rings. The molecule has 0 aromatic heterocycles. The van der Waals surface area contributed by atoms with Crippen LogP contribution in [0.25, 0.3) is 0 Å². The topological polar surface area (TPSA) is 89.9 Å². The molecule has 0 bridgehead atoms. The second kappa shape index (κ2) is 6.79. The van der Waals surface area contributed by atoms with E-state index in [1.54, 1.807) is 4.90 Å². The van der Waals surface area contributed by atoms with Crippen LogP contribution in [0.3, 0.4) is 0 Å². The summed E-state index contributed by atoms with van der Waals surface area (Å²) in [5.74, 6) is -1.36. The van der Waals surface area contributed by atoms with Crippen LogP contribution in [-0.2, 0) is 0 Å². The predicted octanol–water partition coefficient (Wildman–Crippen LogP) is 2.74. The van der Waals surface area contributed by atoms with Crippen molar-refractivity contribution in [1.82, 2.24) is 4.90 Å². The molecule has 0 unspecified atom stereocenters. The molecule has 0 aliphatic heterocycles. The van der Waals surface area contributed by atoms with E-state index in [9.17, 15) is 14.7 Å². The number of carboxylic acid groups (broad SMARTS) is 1. The van der Waals surface area contributed by atoms with Gasteiger partial charge in [0.25, 0.3) is 0 Å². The number of hydrogen-bond acceptors (Lipinski definition) is 3. The zero-order valence-corrected chi connectivity index (χ0v) is 11.9. The van der Waals surface area contributed by atoms with Crippen molar-refractivity contribution >= 4 is 17.7 Å². The summed E-state index contributed by atoms with van der Waals surface area (Å²) >= 11 is 0. The second-order valence-corrected chi connectivity index (χ2v) is 4.75. The summed E-state index contributed by atoms with van der Waals surface area (Å²) in [6.07, 6.45) is 0.812. The molecular weight excluding hydrogens is 260 g/mol. The molecule has 6 heteroatoms. The van der Waals surface area contributed by atoms with Crippen molar-refractivity contribution in [2.24, 2.45) is 0 Å². The van der Waals surface area contributed by atoms with Gasteiger partial charge in [-0.2, -0.15) is 0 Å². The largest absolute Gasteiger partial charge is 0.508 e. The molecular formula is C14H20N2O4. The molecule has 6 nitrogen and oxygen atoms in total. The van der Waals surface area contributed by atoms with Crippen LogP contribution in [0, 0.1) is 0 Å². The Balaban J connectivity index is 2.97. The number of phenols is 1. The van der Waals surface area contributed by atoms with E-state index in [1.165, 1.54) is 12.1 Å². The van der Waals surface area contributed by atoms with Gasteiger partial charge in [0.2, 0.25) is 0 Å². The summed E-state index contributed by atoms with van der Waals surface area (Å²) in [7, 11) is 0. The molecule has 3 N–H and O–H groups in total. The van der Waals surface area contributed by atoms with Crippen LogP contribution < -0.4 is 5.32 Å². The van der Waals surface area contributed by atoms with Gasteiger partial charge in [0.05, 0.1) is 11.3 Å². The fourth-order valence-electron chi connectivity index (χ4n) is 1.84. The number of carbonyl (C=O) groups excluding carboxylic acids is 1. The minimum Gasteiger partial charge on any atom is -0.508 e. The highest BCUT2D eigenvalue weighted by Crippen LogP contribution is 2.22. The number of phenolic OH excluding ortho intramolecular Hbond substituents is 1. The first-order valence-electron chi connectivity index (χ1n) is 6.50. The van der Waals surface area contributed by atoms with E-state index in [-0.39, 0.29) is 29.1 Å². The van der Waals surface area contributed by atoms with Crippen LogP contribution in [0.5, 0.6) is 5.75 Å². The lowest BCUT2D eigenvalue weighted by molar-refractivity contribution is 0.0697. The fourth-order valence-corrected chi connectivity index (χ4v) is 1.84. The minimum absolute atomic E-state index is 0.0142. The van der Waals surface area contributed by atoms with Gasteiger partial charge in [-0.3, -0.25) is 0 Å². The zero-order chi connectivity index (χ0) is 15.3. The highest BCUT2D eigenvalue weighted by molar-refractivity contribution is 6.00. The van der Waals surface area contributed by atoms with Gasteiger partial charge in [-0.1, -0.05) is 6.92 Å². The minimum atomic E-state index is -1.21. The Morgan fingerprint density at radius 3 is 2.50 bits per heavy atom. The van der Waals surface area contributed by atoms with Gasteiger partial charge in [0.15, 0.2) is 0 Å². The van der Waals surface area contributed by atoms with Crippen molar-refractivity contribution in [1.29, 1.82) is 0 Å². The number of carbonyl (C=O) groups is 2. The average Bonchev–Trinajstić information content (AvgIpc) is 2.37. The molecule has 1 rings (SSSR count). The highest BCUT2D eigenvalue weighted by Gasteiger charge is 2.19. The number of aromatic hydroxyl groups is 1. The first-order valence-corrected chi connectivity index (χ1v) is 6.50. The van der Waals surface area contributed by atoms with Crippen molar-refractivity contribution < 1.29 is 19.8 Å². The maximum absolute atomic E-state index is 12.2. The number of carboxylic acids is 1. The Bertz CT molecular complexity index is 500. The fraction of sp³-hybridized carbons (Fsp3) is 0.429. The number of urea groups is 1. The van der Waals surface area contributed by atoms with Crippen molar-refractivity contribution in [3.63, 3.8) is 0 Å². The van der Waals surface area contributed by atoms with Crippen LogP contribution in [0.2, 0.25) is 0 Å². The van der Waals surface area contributed by atoms with Crippen molar-refractivity contribution in [2.75, 3.05) is 11.9 Å². The summed E-state index contributed by atoms with van der Waals surface area (Å²) in [5, 5.41) is 21.0. The normalized spacial score (nSPS) is 10.4. The Hall–Kier alpha value is -2.24. The Morgan fingerprint density at radius 1 is 1.35 bits per heavy atom. The first kappa shape index (κ1) is 15.8. The molecule has 20 heavy (non-hydrogen) atoms. The SMILES string of the molecule is CCCN(C(=O)Nc1ccc(O)cc1C(=O)O)C(C)C. The number of benzene rings is 1. The third kappa shape index (κ3) is 3.88. The number of aromatic carboxylic acids is 1. The number of hydrogen-bond donors (Lipinski definition) is 3. The number of nitrogens with zero attached hydrogens (tertiary/aromatic N) is 1. The van der Waals surface area contributed by atoms with Crippen molar-refractivity contribution in [2.45, 2.75) is 33.2 Å². The Kier molecular flexibility index (Phi) is 5.37. The zero-order valence-electron chi connectivity index (χ0n) is 11.9. The van der Waals surface area contributed by atoms with Crippen LogP contribution in [0.4, 0.5) is 10.5 Å². The third-order valence-corrected chi connectivity index (χ3v) is 2.82. The number of rotatable bonds is 5. The molecule has 110 valence electrons. The summed E-state index contributed by atoms with van der Waals surface area (Å²) in [5.41, 5.74) is 0.0283. The molecule has 0 radical (unpaired) electrons. The van der Waals surface area contributed by atoms with E-state index >= 15 is 0 Å². The highest BCUT2D eigenvalue weighted by atomic mass is 16.4. The summed E-state index contributed by atoms with van der Waals surface area (Å²) in [6, 6.07) is 3.48. The lowest BCUT2D eigenvalue weighted by atomic mass is 10.1. The van der Waals surface area contributed by atoms with Gasteiger partial charge < -0.3 is 20.4 Å². The maximum Gasteiger partial charge on any atom is 0.337 e. The van der Waals surface area contributed by atoms with Gasteiger partial charge in [0, 0.05) is 12.6 Å². The third-order valence-electron chi connectivity index (χ3n) is 2.82. The molecule has 0 saturated heterocycles. The van der Waals surface area contributed by atoms with Crippen LogP contribution in [0.15, 0.2) is 18.2 Å². The summed E-state index contributed by atoms with van der Waals surface area (Å²) < 4.78 is 0. The van der Waals surface area contributed by atoms with Crippen molar-refractivity contribution in [3.8, 4) is 5.75 Å². The van der Waals surface area contributed by atoms with Crippen molar-refractivity contribution in [3.05, 3.63) is 23.8 Å². The number of nitrogens with one attached hydrogen (secondary N) is 1. The second-order valence-electron chi connectivity index (χ2n) is 4.75. The predicted molar refractivity (Wildman–Crippen MR) is 76.2 cm³/mol. The first-order chi connectivity index (χ1) is 9.36. The lowest BCUT2D eigenvalue weighted by Gasteiger charge is -2.26. The molecule has 1 aromatic carbocycles. The average molecular weight is 280 g/mol. The molecule has 0 saturated carbocycles. The molecule has 2 amide bonds. The Labute approximate surface area is 118 Å². The molecule has 0 heterocycles. The molecule has 0 aliphatic rings. The van der Waals surface area contributed by atoms with Crippen LogP contribution in [0.1, 0.15) is 37.6 Å². The van der Waals surface area contributed by atoms with Gasteiger partial charge in [-0.15, -0.1) is 0 Å². The molecule has 1 aromatic rings. The maximum atomic E-state index is 12.2. The molecule has 0 aliphatic carbocycles. The lowest BCUT2D eigenvalue weighted by Crippen LogP contribution is -2.40. The smallest absolute Gasteiger partial charge is 0.337 e. The Morgan fingerprint density at radius 2 is 2.00 bits per heavy atom. The van der Waals surface area contributed by atoms with E-state index in [0.717, 1.165) is 12.5 Å². The van der Waals surface area contributed by atoms with Gasteiger partial charge in [-0.25, -0.2) is 9.59 Å². The van der Waals surface area contributed by atoms with E-state index in [0.29, 0.717) is 6.54 Å².